The molecule has 9 rings (SSSR count). The fourth-order valence-corrected chi connectivity index (χ4v) is 9.66. The zero-order valence-corrected chi connectivity index (χ0v) is 41.6. The summed E-state index contributed by atoms with van der Waals surface area (Å²) in [4.78, 5) is 44.2. The molecule has 3 heterocycles. The quantitative estimate of drug-likeness (QED) is 0.0499. The Balaban J connectivity index is 0.000000167. The van der Waals surface area contributed by atoms with Gasteiger partial charge in [-0.2, -0.15) is 0 Å². The van der Waals surface area contributed by atoms with E-state index < -0.39 is 38.6 Å². The Morgan fingerprint density at radius 3 is 1.08 bits per heavy atom. The van der Waals surface area contributed by atoms with Crippen molar-refractivity contribution in [3.8, 4) is 33.8 Å². The van der Waals surface area contributed by atoms with Crippen LogP contribution in [-0.2, 0) is 40.2 Å². The van der Waals surface area contributed by atoms with Crippen LogP contribution in [-0.4, -0.2) is 65.0 Å². The third kappa shape index (κ3) is 16.1. The van der Waals surface area contributed by atoms with Gasteiger partial charge in [-0.3, -0.25) is 20.2 Å². The number of anilines is 2. The number of nitrogen functional groups attached to an aromatic ring is 2. The first kappa shape index (κ1) is 54.4. The number of sulfone groups is 2. The van der Waals surface area contributed by atoms with Crippen LogP contribution in [0.25, 0.3) is 33.8 Å². The number of hydrogen-bond donors (Lipinski definition) is 2. The lowest BCUT2D eigenvalue weighted by Crippen LogP contribution is -2.07. The summed E-state index contributed by atoms with van der Waals surface area (Å²) in [5.41, 5.74) is 17.1. The third-order valence-electron chi connectivity index (χ3n) is 10.00. The van der Waals surface area contributed by atoms with E-state index in [2.05, 4.69) is 29.9 Å². The zero-order valence-electron chi connectivity index (χ0n) is 38.4. The molecule has 3 aromatic heterocycles. The predicted molar refractivity (Wildman–Crippen MR) is 279 cm³/mol. The average Bonchev–Trinajstić information content (AvgIpc) is 3.40. The van der Waals surface area contributed by atoms with Crippen LogP contribution in [0, 0.1) is 20.2 Å². The molecule has 376 valence electrons. The molecule has 9 aromatic rings. The third-order valence-corrected chi connectivity index (χ3v) is 14.7. The van der Waals surface area contributed by atoms with Crippen LogP contribution in [0.3, 0.4) is 0 Å². The number of nitro groups is 2. The number of aromatic nitrogens is 6. The van der Waals surface area contributed by atoms with Crippen LogP contribution in [0.1, 0.15) is 11.4 Å². The van der Waals surface area contributed by atoms with Crippen LogP contribution < -0.4 is 11.5 Å². The first-order valence-electron chi connectivity index (χ1n) is 21.4. The first-order valence-corrected chi connectivity index (χ1v) is 27.0. The van der Waals surface area contributed by atoms with E-state index in [1.807, 2.05) is 91.0 Å². The highest BCUT2D eigenvalue weighted by Gasteiger charge is 2.19. The van der Waals surface area contributed by atoms with Gasteiger partial charge < -0.3 is 11.5 Å². The van der Waals surface area contributed by atoms with Gasteiger partial charge >= 0.3 is 0 Å². The predicted octanol–water partition coefficient (Wildman–Crippen LogP) is 8.97. The molecule has 0 unspecified atom stereocenters. The van der Waals surface area contributed by atoms with Gasteiger partial charge in [-0.15, -0.1) is 0 Å². The van der Waals surface area contributed by atoms with E-state index in [9.17, 15) is 45.5 Å². The maximum Gasteiger partial charge on any atom is 0.269 e. The van der Waals surface area contributed by atoms with E-state index >= 15 is 0 Å². The van der Waals surface area contributed by atoms with Crippen LogP contribution >= 0.6 is 10.7 Å². The van der Waals surface area contributed by atoms with Crippen LogP contribution in [0.5, 0.6) is 0 Å². The second kappa shape index (κ2) is 25.0. The minimum absolute atomic E-state index is 0.0120. The molecule has 74 heavy (non-hydrogen) atoms. The Kier molecular flexibility index (Phi) is 18.4. The fraction of sp³-hybridized carbons (Fsp3) is 0.0400. The molecule has 20 nitrogen and oxygen atoms in total. The molecular weight excluding hydrogens is 1030 g/mol. The number of halogens is 1. The SMILES string of the molecule is Nc1cc(-c2ccccc2)ncn1.Nc1ccc(S(=O)(=O)Cc2cc(-c3ccccc3)ncn2)cc1.O=[N+]([O-])c1ccc(S(=O)(=O)Cc2cc(-c3ccccc3)ncn2)cc1.O=[N+]([O-])c1ccc(S(=O)(=O)Cl)cc1. The van der Waals surface area contributed by atoms with Gasteiger partial charge in [0.05, 0.1) is 64.5 Å². The largest absolute Gasteiger partial charge is 0.399 e. The van der Waals surface area contributed by atoms with Crippen LogP contribution in [0.2, 0.25) is 0 Å². The van der Waals surface area contributed by atoms with Gasteiger partial charge in [0, 0.05) is 63.4 Å². The van der Waals surface area contributed by atoms with Gasteiger partial charge in [-0.05, 0) is 60.7 Å². The molecule has 0 aliphatic rings. The topological polar surface area (TPSA) is 318 Å². The standard InChI is InChI=1S/C17H13N3O4S.C17H15N3O2S.C10H9N3.C6H4ClNO4S/c21-20(22)15-6-8-16(9-7-15)25(23,24)11-14-10-17(19-12-18-14)13-4-2-1-3-5-13;18-14-6-8-16(9-7-14)23(21,22)11-15-10-17(20-12-19-15)13-4-2-1-3-5-13;11-10-6-9(12-7-13-10)8-4-2-1-3-5-8;7-13(11,12)6-3-1-5(2-4-6)8(9)10/h1-10,12H,11H2;1-10,12H,11,18H2;1-7H,(H2,11,12,13);1-4H. The van der Waals surface area contributed by atoms with Crippen LogP contribution in [0.15, 0.2) is 216 Å². The molecule has 0 aliphatic heterocycles. The fourth-order valence-electron chi connectivity index (χ4n) is 6.36. The summed E-state index contributed by atoms with van der Waals surface area (Å²) in [7, 11) is -5.95. The van der Waals surface area contributed by atoms with Gasteiger partial charge in [0.2, 0.25) is 0 Å². The van der Waals surface area contributed by atoms with E-state index in [0.29, 0.717) is 34.3 Å². The summed E-state index contributed by atoms with van der Waals surface area (Å²) in [5.74, 6) is 0.000693. The Bertz CT molecular complexity index is 3690. The summed E-state index contributed by atoms with van der Waals surface area (Å²) < 4.78 is 71.3. The zero-order chi connectivity index (χ0) is 53.3. The molecular formula is C50H41ClN10O10S3. The van der Waals surface area contributed by atoms with Crippen molar-refractivity contribution < 1.29 is 35.1 Å². The number of non-ortho nitro benzene ring substituents is 2. The minimum Gasteiger partial charge on any atom is -0.399 e. The maximum atomic E-state index is 12.5. The molecule has 0 saturated heterocycles. The lowest BCUT2D eigenvalue weighted by molar-refractivity contribution is -0.385. The highest BCUT2D eigenvalue weighted by molar-refractivity contribution is 8.13. The van der Waals surface area contributed by atoms with Crippen molar-refractivity contribution in [2.75, 3.05) is 11.5 Å². The maximum absolute atomic E-state index is 12.5. The Morgan fingerprint density at radius 1 is 0.419 bits per heavy atom. The Hall–Kier alpha value is -8.90. The summed E-state index contributed by atoms with van der Waals surface area (Å²) in [6.07, 6.45) is 4.18. The minimum atomic E-state index is -3.80. The molecule has 0 spiro atoms. The summed E-state index contributed by atoms with van der Waals surface area (Å²) >= 11 is 0. The second-order valence-electron chi connectivity index (χ2n) is 15.2. The van der Waals surface area contributed by atoms with Crippen LogP contribution in [0.4, 0.5) is 22.9 Å². The molecule has 0 amide bonds. The molecule has 6 aromatic carbocycles. The van der Waals surface area contributed by atoms with Gasteiger partial charge in [0.1, 0.15) is 24.8 Å². The van der Waals surface area contributed by atoms with Crippen molar-refractivity contribution in [1.29, 1.82) is 0 Å². The van der Waals surface area contributed by atoms with Crippen molar-refractivity contribution in [3.05, 3.63) is 233 Å². The lowest BCUT2D eigenvalue weighted by atomic mass is 10.1. The first-order chi connectivity index (χ1) is 35.3. The summed E-state index contributed by atoms with van der Waals surface area (Å²) in [6, 6.07) is 49.1. The van der Waals surface area contributed by atoms with Crippen molar-refractivity contribution in [1.82, 2.24) is 29.9 Å². The normalized spacial score (nSPS) is 11.0. The van der Waals surface area contributed by atoms with E-state index in [1.165, 1.54) is 55.4 Å². The summed E-state index contributed by atoms with van der Waals surface area (Å²) in [6.45, 7) is 0. The number of nitro benzene ring substituents is 2. The number of nitrogens with two attached hydrogens (primary N) is 2. The van der Waals surface area contributed by atoms with Crippen molar-refractivity contribution in [3.63, 3.8) is 0 Å². The van der Waals surface area contributed by atoms with Crippen molar-refractivity contribution >= 4 is 62.3 Å². The highest BCUT2D eigenvalue weighted by Crippen LogP contribution is 2.24. The molecule has 24 heteroatoms. The molecule has 0 bridgehead atoms. The monoisotopic (exact) mass is 1070 g/mol. The number of nitrogens with zero attached hydrogens (tertiary/aromatic N) is 8. The van der Waals surface area contributed by atoms with Gasteiger partial charge in [0.25, 0.3) is 20.4 Å². The Morgan fingerprint density at radius 2 is 0.743 bits per heavy atom. The average molecular weight is 1070 g/mol. The van der Waals surface area contributed by atoms with Gasteiger partial charge in [0.15, 0.2) is 19.7 Å². The second-order valence-corrected chi connectivity index (χ2v) is 21.8. The van der Waals surface area contributed by atoms with Gasteiger partial charge in [-0.25, -0.2) is 55.2 Å². The Labute approximate surface area is 429 Å². The number of benzene rings is 6. The van der Waals surface area contributed by atoms with Crippen molar-refractivity contribution in [2.24, 2.45) is 0 Å². The van der Waals surface area contributed by atoms with E-state index in [0.717, 1.165) is 46.6 Å². The van der Waals surface area contributed by atoms with E-state index in [1.54, 1.807) is 30.3 Å². The number of hydrogen-bond acceptors (Lipinski definition) is 18. The van der Waals surface area contributed by atoms with Gasteiger partial charge in [-0.1, -0.05) is 91.0 Å². The molecule has 0 fully saturated rings. The van der Waals surface area contributed by atoms with Crippen molar-refractivity contribution in [2.45, 2.75) is 26.2 Å². The van der Waals surface area contributed by atoms with E-state index in [4.69, 9.17) is 22.1 Å². The number of rotatable bonds is 12. The molecule has 0 saturated carbocycles. The molecule has 0 atom stereocenters. The molecule has 0 radical (unpaired) electrons. The molecule has 4 N–H and O–H groups in total. The van der Waals surface area contributed by atoms with E-state index in [-0.39, 0.29) is 37.6 Å². The summed E-state index contributed by atoms with van der Waals surface area (Å²) in [5, 5.41) is 20.8. The highest BCUT2D eigenvalue weighted by atomic mass is 35.7. The molecule has 0 aliphatic carbocycles. The lowest BCUT2D eigenvalue weighted by Gasteiger charge is -2.06. The smallest absolute Gasteiger partial charge is 0.269 e.